The summed E-state index contributed by atoms with van der Waals surface area (Å²) in [5.74, 6) is -1.45. The van der Waals surface area contributed by atoms with E-state index in [1.807, 2.05) is 0 Å². The molecule has 1 amide bonds. The minimum Gasteiger partial charge on any atom is -0.341 e. The molecule has 3 nitrogen and oxygen atoms in total. The lowest BCUT2D eigenvalue weighted by atomic mass is 10.1. The van der Waals surface area contributed by atoms with Gasteiger partial charge in [0.25, 0.3) is 0 Å². The molecule has 1 atom stereocenters. The summed E-state index contributed by atoms with van der Waals surface area (Å²) in [6, 6.07) is 3.59. The molecule has 1 saturated carbocycles. The minimum atomic E-state index is -0.925. The molecule has 1 aromatic rings. The highest BCUT2D eigenvalue weighted by molar-refractivity contribution is 5.78. The Labute approximate surface area is 111 Å². The first-order valence-electron chi connectivity index (χ1n) is 6.42. The molecule has 0 aliphatic heterocycles. The molecule has 0 heterocycles. The third-order valence-corrected chi connectivity index (χ3v) is 3.64. The highest BCUT2D eigenvalue weighted by Gasteiger charge is 2.34. The molecule has 1 unspecified atom stereocenters. The van der Waals surface area contributed by atoms with Gasteiger partial charge in [0, 0.05) is 19.6 Å². The average molecular weight is 268 g/mol. The summed E-state index contributed by atoms with van der Waals surface area (Å²) in [6.07, 6.45) is 2.27. The zero-order chi connectivity index (χ0) is 14.0. The van der Waals surface area contributed by atoms with E-state index in [9.17, 15) is 13.6 Å². The normalized spacial score (nSPS) is 16.2. The van der Waals surface area contributed by atoms with Crippen LogP contribution in [-0.4, -0.2) is 30.4 Å². The summed E-state index contributed by atoms with van der Waals surface area (Å²) in [7, 11) is 1.72. The van der Waals surface area contributed by atoms with Crippen LogP contribution >= 0.6 is 0 Å². The molecular formula is C14H18F2N2O. The molecule has 1 aliphatic carbocycles. The molecular weight excluding hydrogens is 250 g/mol. The van der Waals surface area contributed by atoms with E-state index in [1.54, 1.807) is 11.9 Å². The highest BCUT2D eigenvalue weighted by atomic mass is 19.2. The van der Waals surface area contributed by atoms with Crippen LogP contribution in [0.2, 0.25) is 0 Å². The smallest absolute Gasteiger partial charge is 0.227 e. The molecule has 0 bridgehead atoms. The van der Waals surface area contributed by atoms with Crippen LogP contribution in [0.4, 0.5) is 8.78 Å². The van der Waals surface area contributed by atoms with Crippen molar-refractivity contribution < 1.29 is 13.6 Å². The molecule has 104 valence electrons. The summed E-state index contributed by atoms with van der Waals surface area (Å²) in [5, 5.41) is 0. The van der Waals surface area contributed by atoms with E-state index in [4.69, 9.17) is 5.73 Å². The quantitative estimate of drug-likeness (QED) is 0.883. The number of carbonyl (C=O) groups is 1. The molecule has 0 radical (unpaired) electrons. The van der Waals surface area contributed by atoms with Crippen LogP contribution in [0.5, 0.6) is 0 Å². The second kappa shape index (κ2) is 5.65. The first kappa shape index (κ1) is 13.9. The van der Waals surface area contributed by atoms with E-state index < -0.39 is 11.6 Å². The number of nitrogens with two attached hydrogens (primary N) is 1. The largest absolute Gasteiger partial charge is 0.341 e. The van der Waals surface area contributed by atoms with Crippen LogP contribution < -0.4 is 5.73 Å². The summed E-state index contributed by atoms with van der Waals surface area (Å²) >= 11 is 0. The second-order valence-electron chi connectivity index (χ2n) is 5.07. The van der Waals surface area contributed by atoms with E-state index in [0.29, 0.717) is 18.0 Å². The number of likely N-dealkylation sites (N-methyl/N-ethyl adjacent to an activating group) is 1. The Morgan fingerprint density at radius 3 is 2.63 bits per heavy atom. The Kier molecular flexibility index (Phi) is 4.14. The molecule has 1 aromatic carbocycles. The molecule has 2 N–H and O–H groups in total. The fraction of sp³-hybridized carbons (Fsp3) is 0.500. The predicted octanol–water partition coefficient (Wildman–Crippen LogP) is 1.70. The first-order valence-corrected chi connectivity index (χ1v) is 6.42. The SMILES string of the molecule is CN(C(=O)Cc1ccc(F)c(F)c1)C(CN)C1CC1. The number of rotatable bonds is 5. The predicted molar refractivity (Wildman–Crippen MR) is 68.4 cm³/mol. The van der Waals surface area contributed by atoms with Gasteiger partial charge in [-0.05, 0) is 36.5 Å². The maximum absolute atomic E-state index is 13.1. The number of carbonyl (C=O) groups excluding carboxylic acids is 1. The molecule has 0 spiro atoms. The van der Waals surface area contributed by atoms with Crippen LogP contribution in [0.1, 0.15) is 18.4 Å². The van der Waals surface area contributed by atoms with Crippen molar-refractivity contribution in [3.05, 3.63) is 35.4 Å². The maximum atomic E-state index is 13.1. The zero-order valence-corrected chi connectivity index (χ0v) is 10.9. The van der Waals surface area contributed by atoms with E-state index in [0.717, 1.165) is 25.0 Å². The van der Waals surface area contributed by atoms with Gasteiger partial charge in [-0.1, -0.05) is 6.07 Å². The summed E-state index contributed by atoms with van der Waals surface area (Å²) < 4.78 is 25.9. The number of benzene rings is 1. The van der Waals surface area contributed by atoms with Crippen molar-refractivity contribution in [1.29, 1.82) is 0 Å². The fourth-order valence-electron chi connectivity index (χ4n) is 2.28. The summed E-state index contributed by atoms with van der Waals surface area (Å²) in [6.45, 7) is 0.435. The average Bonchev–Trinajstić information content (AvgIpc) is 3.19. The van der Waals surface area contributed by atoms with Gasteiger partial charge in [-0.3, -0.25) is 4.79 Å². The van der Waals surface area contributed by atoms with Gasteiger partial charge in [0.15, 0.2) is 11.6 Å². The number of nitrogens with zero attached hydrogens (tertiary/aromatic N) is 1. The molecule has 1 fully saturated rings. The lowest BCUT2D eigenvalue weighted by Crippen LogP contribution is -2.43. The van der Waals surface area contributed by atoms with Gasteiger partial charge in [0.2, 0.25) is 5.91 Å². The fourth-order valence-corrected chi connectivity index (χ4v) is 2.28. The van der Waals surface area contributed by atoms with Crippen molar-refractivity contribution in [2.24, 2.45) is 11.7 Å². The number of amides is 1. The number of hydrogen-bond acceptors (Lipinski definition) is 2. The lowest BCUT2D eigenvalue weighted by Gasteiger charge is -2.27. The van der Waals surface area contributed by atoms with Crippen molar-refractivity contribution in [3.8, 4) is 0 Å². The Morgan fingerprint density at radius 2 is 2.11 bits per heavy atom. The topological polar surface area (TPSA) is 46.3 Å². The van der Waals surface area contributed by atoms with Crippen LogP contribution in [-0.2, 0) is 11.2 Å². The minimum absolute atomic E-state index is 0.0535. The Balaban J connectivity index is 2.01. The van der Waals surface area contributed by atoms with Crippen molar-refractivity contribution in [3.63, 3.8) is 0 Å². The molecule has 0 saturated heterocycles. The van der Waals surface area contributed by atoms with E-state index in [-0.39, 0.29) is 18.4 Å². The molecule has 5 heteroatoms. The van der Waals surface area contributed by atoms with Gasteiger partial charge >= 0.3 is 0 Å². The maximum Gasteiger partial charge on any atom is 0.227 e. The molecule has 2 rings (SSSR count). The first-order chi connectivity index (χ1) is 9.02. The third-order valence-electron chi connectivity index (χ3n) is 3.64. The van der Waals surface area contributed by atoms with Crippen molar-refractivity contribution in [1.82, 2.24) is 4.90 Å². The highest BCUT2D eigenvalue weighted by Crippen LogP contribution is 2.34. The van der Waals surface area contributed by atoms with Gasteiger partial charge < -0.3 is 10.6 Å². The van der Waals surface area contributed by atoms with Crippen LogP contribution in [0, 0.1) is 17.6 Å². The van der Waals surface area contributed by atoms with Gasteiger partial charge in [-0.15, -0.1) is 0 Å². The summed E-state index contributed by atoms with van der Waals surface area (Å²) in [5.41, 5.74) is 6.16. The van der Waals surface area contributed by atoms with Crippen LogP contribution in [0.15, 0.2) is 18.2 Å². The van der Waals surface area contributed by atoms with Gasteiger partial charge in [-0.2, -0.15) is 0 Å². The van der Waals surface area contributed by atoms with Gasteiger partial charge in [0.1, 0.15) is 0 Å². The van der Waals surface area contributed by atoms with Crippen molar-refractivity contribution >= 4 is 5.91 Å². The molecule has 19 heavy (non-hydrogen) atoms. The second-order valence-corrected chi connectivity index (χ2v) is 5.07. The van der Waals surface area contributed by atoms with E-state index in [2.05, 4.69) is 0 Å². The standard InChI is InChI=1S/C14H18F2N2O/c1-18(13(8-17)10-3-4-10)14(19)7-9-2-5-11(15)12(16)6-9/h2,5-6,10,13H,3-4,7-8,17H2,1H3. The Bertz CT molecular complexity index is 475. The van der Waals surface area contributed by atoms with Gasteiger partial charge in [0.05, 0.1) is 6.42 Å². The van der Waals surface area contributed by atoms with Crippen LogP contribution in [0.3, 0.4) is 0 Å². The number of hydrogen-bond donors (Lipinski definition) is 1. The third kappa shape index (κ3) is 3.29. The lowest BCUT2D eigenvalue weighted by molar-refractivity contribution is -0.131. The van der Waals surface area contributed by atoms with Crippen molar-refractivity contribution in [2.75, 3.05) is 13.6 Å². The summed E-state index contributed by atoms with van der Waals surface area (Å²) in [4.78, 5) is 13.7. The van der Waals surface area contributed by atoms with Crippen molar-refractivity contribution in [2.45, 2.75) is 25.3 Å². The molecule has 0 aromatic heterocycles. The van der Waals surface area contributed by atoms with Gasteiger partial charge in [-0.25, -0.2) is 8.78 Å². The monoisotopic (exact) mass is 268 g/mol. The Hall–Kier alpha value is -1.49. The Morgan fingerprint density at radius 1 is 1.42 bits per heavy atom. The number of halogens is 2. The zero-order valence-electron chi connectivity index (χ0n) is 10.9. The molecule has 1 aliphatic rings. The van der Waals surface area contributed by atoms with E-state index in [1.165, 1.54) is 6.07 Å². The van der Waals surface area contributed by atoms with Crippen LogP contribution in [0.25, 0.3) is 0 Å². The van der Waals surface area contributed by atoms with E-state index >= 15 is 0 Å².